The van der Waals surface area contributed by atoms with Crippen molar-refractivity contribution in [3.8, 4) is 5.75 Å². The third kappa shape index (κ3) is 4.46. The molecule has 1 saturated heterocycles. The predicted octanol–water partition coefficient (Wildman–Crippen LogP) is 5.22. The number of hydrogen-bond donors (Lipinski definition) is 1. The van der Waals surface area contributed by atoms with Crippen LogP contribution >= 0.6 is 47.4 Å². The molecule has 7 heteroatoms. The van der Waals surface area contributed by atoms with Crippen molar-refractivity contribution < 1.29 is 9.53 Å². The molecule has 114 valence electrons. The molecule has 1 heterocycles. The molecule has 1 atom stereocenters. The third-order valence-corrected chi connectivity index (χ3v) is 4.19. The molecule has 1 fully saturated rings. The summed E-state index contributed by atoms with van der Waals surface area (Å²) in [6, 6.07) is 5.52. The van der Waals surface area contributed by atoms with Gasteiger partial charge in [0, 0.05) is 6.54 Å². The van der Waals surface area contributed by atoms with Crippen molar-refractivity contribution in [3.05, 3.63) is 39.4 Å². The monoisotopic (exact) mass is 365 g/mol. The maximum absolute atomic E-state index is 11.5. The summed E-state index contributed by atoms with van der Waals surface area (Å²) in [5.41, 5.74) is 0.982. The highest BCUT2D eigenvalue weighted by atomic mass is 35.5. The van der Waals surface area contributed by atoms with E-state index in [4.69, 9.17) is 39.5 Å². The van der Waals surface area contributed by atoms with Crippen LogP contribution in [0, 0.1) is 0 Å². The summed E-state index contributed by atoms with van der Waals surface area (Å²) in [5, 5.41) is 0.284. The molecule has 0 N–H and O–H groups in total. The van der Waals surface area contributed by atoms with Gasteiger partial charge in [0.2, 0.25) is 0 Å². The van der Waals surface area contributed by atoms with Gasteiger partial charge in [-0.3, -0.25) is 4.79 Å². The van der Waals surface area contributed by atoms with Crippen LogP contribution in [-0.4, -0.2) is 23.3 Å². The molecule has 0 radical (unpaired) electrons. The predicted molar refractivity (Wildman–Crippen MR) is 89.8 cm³/mol. The zero-order chi connectivity index (χ0) is 15.4. The van der Waals surface area contributed by atoms with Gasteiger partial charge in [0.25, 0.3) is 5.24 Å². The number of hydrogen-bond acceptors (Lipinski definition) is 2. The fourth-order valence-electron chi connectivity index (χ4n) is 2.37. The van der Waals surface area contributed by atoms with Crippen molar-refractivity contribution in [1.29, 1.82) is 0 Å². The average Bonchev–Trinajstić information content (AvgIpc) is 2.90. The van der Waals surface area contributed by atoms with E-state index in [0.717, 1.165) is 24.9 Å². The van der Waals surface area contributed by atoms with Gasteiger partial charge in [0.1, 0.15) is 16.8 Å². The number of carbonyl (C=O) groups is 1. The second-order valence-corrected chi connectivity index (χ2v) is 6.43. The summed E-state index contributed by atoms with van der Waals surface area (Å²) in [6.45, 7) is 0.946. The van der Waals surface area contributed by atoms with Crippen LogP contribution in [0.2, 0.25) is 5.02 Å². The standard InChI is InChI=1S/C14H14Cl3NO2S/c15-10-4-3-9(8-12(10)20-7-5-13(16)17)11-2-1-6-18(11)14(19)21/h3-5,8,11H,1-2,6-7H2,(H,19,21). The number of halogens is 3. The molecule has 0 saturated carbocycles. The van der Waals surface area contributed by atoms with Gasteiger partial charge in [-0.2, -0.15) is 0 Å². The Morgan fingerprint density at radius 1 is 1.48 bits per heavy atom. The molecule has 0 aromatic heterocycles. The van der Waals surface area contributed by atoms with Crippen LogP contribution in [0.4, 0.5) is 4.79 Å². The van der Waals surface area contributed by atoms with Crippen LogP contribution in [0.15, 0.2) is 28.8 Å². The minimum atomic E-state index is -0.216. The van der Waals surface area contributed by atoms with Crippen molar-refractivity contribution in [2.24, 2.45) is 0 Å². The topological polar surface area (TPSA) is 29.5 Å². The number of carbonyl (C=O) groups excluding carboxylic acids is 1. The summed E-state index contributed by atoms with van der Waals surface area (Å²) in [5.74, 6) is 0.540. The van der Waals surface area contributed by atoms with E-state index in [1.807, 2.05) is 12.1 Å². The summed E-state index contributed by atoms with van der Waals surface area (Å²) in [7, 11) is 0. The first-order valence-electron chi connectivity index (χ1n) is 6.42. The van der Waals surface area contributed by atoms with Crippen LogP contribution in [0.1, 0.15) is 24.4 Å². The first kappa shape index (κ1) is 16.8. The molecule has 0 spiro atoms. The summed E-state index contributed by atoms with van der Waals surface area (Å²) in [6.07, 6.45) is 3.40. The number of ether oxygens (including phenoxy) is 1. The lowest BCUT2D eigenvalue weighted by atomic mass is 10.0. The number of amides is 1. The summed E-state index contributed by atoms with van der Waals surface area (Å²) >= 11 is 21.1. The van der Waals surface area contributed by atoms with Gasteiger partial charge in [-0.25, -0.2) is 0 Å². The smallest absolute Gasteiger partial charge is 0.279 e. The quantitative estimate of drug-likeness (QED) is 0.740. The molecule has 0 aliphatic carbocycles. The first-order valence-corrected chi connectivity index (χ1v) is 8.00. The molecule has 3 nitrogen and oxygen atoms in total. The Morgan fingerprint density at radius 2 is 2.24 bits per heavy atom. The molecule has 2 rings (SSSR count). The van der Waals surface area contributed by atoms with Crippen LogP contribution in [0.3, 0.4) is 0 Å². The molecular formula is C14H14Cl3NO2S. The van der Waals surface area contributed by atoms with Crippen molar-refractivity contribution in [2.45, 2.75) is 18.9 Å². The van der Waals surface area contributed by atoms with E-state index in [1.165, 1.54) is 6.08 Å². The molecule has 1 amide bonds. The largest absolute Gasteiger partial charge is 0.488 e. The Balaban J connectivity index is 2.18. The highest BCUT2D eigenvalue weighted by molar-refractivity contribution is 7.96. The normalized spacial score (nSPS) is 17.7. The third-order valence-electron chi connectivity index (χ3n) is 3.32. The Morgan fingerprint density at radius 3 is 2.90 bits per heavy atom. The van der Waals surface area contributed by atoms with E-state index in [2.05, 4.69) is 12.6 Å². The van der Waals surface area contributed by atoms with Crippen molar-refractivity contribution >= 4 is 52.7 Å². The van der Waals surface area contributed by atoms with E-state index in [9.17, 15) is 4.79 Å². The second-order valence-electron chi connectivity index (χ2n) is 4.63. The molecule has 1 aromatic rings. The molecular weight excluding hydrogens is 353 g/mol. The maximum atomic E-state index is 11.5. The lowest BCUT2D eigenvalue weighted by Crippen LogP contribution is -2.25. The Labute approximate surface area is 144 Å². The van der Waals surface area contributed by atoms with E-state index in [-0.39, 0.29) is 22.4 Å². The molecule has 1 unspecified atom stereocenters. The second kappa shape index (κ2) is 7.63. The maximum Gasteiger partial charge on any atom is 0.279 e. The zero-order valence-corrected chi connectivity index (χ0v) is 14.2. The molecule has 1 aromatic carbocycles. The van der Waals surface area contributed by atoms with Crippen LogP contribution in [-0.2, 0) is 0 Å². The fraction of sp³-hybridized carbons (Fsp3) is 0.357. The lowest BCUT2D eigenvalue weighted by Gasteiger charge is -2.23. The average molecular weight is 367 g/mol. The Bertz CT molecular complexity index is 561. The van der Waals surface area contributed by atoms with Crippen molar-refractivity contribution in [1.82, 2.24) is 4.90 Å². The number of thiol groups is 1. The Kier molecular flexibility index (Phi) is 6.11. The van der Waals surface area contributed by atoms with Gasteiger partial charge in [-0.15, -0.1) is 0 Å². The Hall–Kier alpha value is -0.550. The van der Waals surface area contributed by atoms with Gasteiger partial charge < -0.3 is 9.64 Å². The summed E-state index contributed by atoms with van der Waals surface area (Å²) < 4.78 is 5.69. The lowest BCUT2D eigenvalue weighted by molar-refractivity contribution is 0.219. The van der Waals surface area contributed by atoms with Gasteiger partial charge >= 0.3 is 0 Å². The SMILES string of the molecule is O=C(S)N1CCCC1c1ccc(Cl)c(OCC=C(Cl)Cl)c1. The highest BCUT2D eigenvalue weighted by Crippen LogP contribution is 2.36. The first-order chi connectivity index (χ1) is 9.99. The van der Waals surface area contributed by atoms with E-state index in [1.54, 1.807) is 11.0 Å². The van der Waals surface area contributed by atoms with E-state index < -0.39 is 0 Å². The molecule has 0 bridgehead atoms. The minimum absolute atomic E-state index is 0.0155. The van der Waals surface area contributed by atoms with Gasteiger partial charge in [-0.05, 0) is 36.6 Å². The number of nitrogens with zero attached hydrogens (tertiary/aromatic N) is 1. The fourth-order valence-corrected chi connectivity index (χ4v) is 2.91. The van der Waals surface area contributed by atoms with Crippen molar-refractivity contribution in [2.75, 3.05) is 13.2 Å². The number of likely N-dealkylation sites (tertiary alicyclic amines) is 1. The van der Waals surface area contributed by atoms with Crippen LogP contribution < -0.4 is 4.74 Å². The zero-order valence-electron chi connectivity index (χ0n) is 11.1. The van der Waals surface area contributed by atoms with Crippen molar-refractivity contribution in [3.63, 3.8) is 0 Å². The van der Waals surface area contributed by atoms with Gasteiger partial charge in [0.05, 0.1) is 11.1 Å². The number of benzene rings is 1. The van der Waals surface area contributed by atoms with Gasteiger partial charge in [-0.1, -0.05) is 53.5 Å². The molecule has 1 aliphatic rings. The van der Waals surface area contributed by atoms with E-state index in [0.29, 0.717) is 10.8 Å². The molecule has 21 heavy (non-hydrogen) atoms. The molecule has 1 aliphatic heterocycles. The van der Waals surface area contributed by atoms with Crippen LogP contribution in [0.5, 0.6) is 5.75 Å². The van der Waals surface area contributed by atoms with E-state index >= 15 is 0 Å². The van der Waals surface area contributed by atoms with Gasteiger partial charge in [0.15, 0.2) is 0 Å². The minimum Gasteiger partial charge on any atom is -0.488 e. The highest BCUT2D eigenvalue weighted by Gasteiger charge is 2.28. The summed E-state index contributed by atoms with van der Waals surface area (Å²) in [4.78, 5) is 13.3. The van der Waals surface area contributed by atoms with Crippen LogP contribution in [0.25, 0.3) is 0 Å². The number of rotatable bonds is 4.